The van der Waals surface area contributed by atoms with E-state index >= 15 is 0 Å². The van der Waals surface area contributed by atoms with Crippen molar-refractivity contribution in [3.63, 3.8) is 0 Å². The average Bonchev–Trinajstić information content (AvgIpc) is 2.32. The zero-order chi connectivity index (χ0) is 8.43. The van der Waals surface area contributed by atoms with Crippen LogP contribution in [0.5, 0.6) is 0 Å². The topological polar surface area (TPSA) is 43.4 Å². The lowest BCUT2D eigenvalue weighted by atomic mass is 9.98. The maximum absolute atomic E-state index is 11.0. The van der Waals surface area contributed by atoms with E-state index in [1.807, 2.05) is 0 Å². The first-order valence-corrected chi connectivity index (χ1v) is 3.77. The first-order chi connectivity index (χ1) is 5.16. The van der Waals surface area contributed by atoms with Gasteiger partial charge in [0.25, 0.3) is 0 Å². The fourth-order valence-corrected chi connectivity index (χ4v) is 1.47. The second kappa shape index (κ2) is 3.03. The molecule has 62 valence electrons. The van der Waals surface area contributed by atoms with Crippen molar-refractivity contribution in [2.75, 3.05) is 7.11 Å². The molecule has 1 rings (SSSR count). The van der Waals surface area contributed by atoms with Gasteiger partial charge in [0.05, 0.1) is 13.0 Å². The molecular formula is C8H12O3. The van der Waals surface area contributed by atoms with Gasteiger partial charge in [-0.2, -0.15) is 0 Å². The minimum atomic E-state index is -0.247. The Bertz CT molecular complexity index is 186. The first kappa shape index (κ1) is 8.24. The Morgan fingerprint density at radius 3 is 2.64 bits per heavy atom. The molecule has 1 fully saturated rings. The smallest absolute Gasteiger partial charge is 0.309 e. The number of rotatable bonds is 1. The number of carbonyl (C=O) groups excluding carboxylic acids is 2. The van der Waals surface area contributed by atoms with Crippen LogP contribution in [-0.4, -0.2) is 18.9 Å². The predicted octanol–water partition coefficient (Wildman–Crippen LogP) is 0.775. The van der Waals surface area contributed by atoms with E-state index < -0.39 is 0 Å². The van der Waals surface area contributed by atoms with Crippen molar-refractivity contribution in [3.05, 3.63) is 0 Å². The number of hydrogen-bond donors (Lipinski definition) is 0. The molecule has 0 spiro atoms. The van der Waals surface area contributed by atoms with Crippen molar-refractivity contribution in [1.29, 1.82) is 0 Å². The van der Waals surface area contributed by atoms with Gasteiger partial charge in [0, 0.05) is 12.3 Å². The number of ketones is 1. The van der Waals surface area contributed by atoms with Crippen molar-refractivity contribution in [3.8, 4) is 0 Å². The quantitative estimate of drug-likeness (QED) is 0.527. The minimum Gasteiger partial charge on any atom is -0.469 e. The summed E-state index contributed by atoms with van der Waals surface area (Å²) in [5.74, 6) is -0.390. The van der Waals surface area contributed by atoms with Crippen LogP contribution in [0.25, 0.3) is 0 Å². The van der Waals surface area contributed by atoms with Gasteiger partial charge < -0.3 is 4.74 Å². The van der Waals surface area contributed by atoms with Crippen LogP contribution in [0, 0.1) is 11.8 Å². The SMILES string of the molecule is COC(=O)[C@@H]1CCC(=O)[C@H]1C. The molecule has 1 saturated carbocycles. The summed E-state index contributed by atoms with van der Waals surface area (Å²) in [5, 5.41) is 0. The summed E-state index contributed by atoms with van der Waals surface area (Å²) in [4.78, 5) is 22.0. The molecule has 1 aliphatic rings. The van der Waals surface area contributed by atoms with E-state index in [4.69, 9.17) is 0 Å². The number of hydrogen-bond acceptors (Lipinski definition) is 3. The Labute approximate surface area is 65.7 Å². The van der Waals surface area contributed by atoms with Gasteiger partial charge in [-0.05, 0) is 6.42 Å². The van der Waals surface area contributed by atoms with E-state index in [1.165, 1.54) is 7.11 Å². The molecule has 0 aliphatic heterocycles. The summed E-state index contributed by atoms with van der Waals surface area (Å²) in [6.45, 7) is 1.79. The van der Waals surface area contributed by atoms with Crippen molar-refractivity contribution in [2.45, 2.75) is 19.8 Å². The number of esters is 1. The second-order valence-corrected chi connectivity index (χ2v) is 2.92. The molecule has 0 radical (unpaired) electrons. The van der Waals surface area contributed by atoms with Crippen molar-refractivity contribution in [1.82, 2.24) is 0 Å². The van der Waals surface area contributed by atoms with Crippen LogP contribution in [0.1, 0.15) is 19.8 Å². The molecule has 11 heavy (non-hydrogen) atoms. The molecule has 2 atom stereocenters. The van der Waals surface area contributed by atoms with Crippen LogP contribution < -0.4 is 0 Å². The van der Waals surface area contributed by atoms with Gasteiger partial charge in [-0.15, -0.1) is 0 Å². The van der Waals surface area contributed by atoms with E-state index in [0.29, 0.717) is 12.8 Å². The maximum Gasteiger partial charge on any atom is 0.309 e. The predicted molar refractivity (Wildman–Crippen MR) is 38.9 cm³/mol. The molecule has 0 heterocycles. The second-order valence-electron chi connectivity index (χ2n) is 2.92. The maximum atomic E-state index is 11.0. The van der Waals surface area contributed by atoms with Gasteiger partial charge in [-0.1, -0.05) is 6.92 Å². The zero-order valence-electron chi connectivity index (χ0n) is 6.79. The minimum absolute atomic E-state index is 0.137. The summed E-state index contributed by atoms with van der Waals surface area (Å²) >= 11 is 0. The molecule has 3 heteroatoms. The van der Waals surface area contributed by atoms with Crippen molar-refractivity contribution < 1.29 is 14.3 Å². The Balaban J connectivity index is 2.61. The molecule has 1 aliphatic carbocycles. The average molecular weight is 156 g/mol. The van der Waals surface area contributed by atoms with Crippen LogP contribution in [0.2, 0.25) is 0 Å². The molecule has 3 nitrogen and oxygen atoms in total. The number of methoxy groups -OCH3 is 1. The summed E-state index contributed by atoms with van der Waals surface area (Å²) in [5.41, 5.74) is 0. The molecule has 0 aromatic carbocycles. The standard InChI is InChI=1S/C8H12O3/c1-5-6(8(10)11-2)3-4-7(5)9/h5-6H,3-4H2,1-2H3/t5-,6+/m0/s1. The normalized spacial score (nSPS) is 30.5. The largest absolute Gasteiger partial charge is 0.469 e. The molecule has 0 aromatic rings. The number of carbonyl (C=O) groups is 2. The first-order valence-electron chi connectivity index (χ1n) is 3.77. The van der Waals surface area contributed by atoms with Crippen LogP contribution in [0.15, 0.2) is 0 Å². The van der Waals surface area contributed by atoms with Gasteiger partial charge >= 0.3 is 5.97 Å². The highest BCUT2D eigenvalue weighted by Crippen LogP contribution is 2.28. The van der Waals surface area contributed by atoms with E-state index in [-0.39, 0.29) is 23.6 Å². The summed E-state index contributed by atoms with van der Waals surface area (Å²) in [7, 11) is 1.36. The molecule has 0 aromatic heterocycles. The lowest BCUT2D eigenvalue weighted by molar-refractivity contribution is -0.147. The van der Waals surface area contributed by atoms with Gasteiger partial charge in [0.1, 0.15) is 5.78 Å². The Morgan fingerprint density at radius 1 is 1.64 bits per heavy atom. The third-order valence-electron chi connectivity index (χ3n) is 2.32. The third kappa shape index (κ3) is 1.42. The van der Waals surface area contributed by atoms with Crippen molar-refractivity contribution in [2.24, 2.45) is 11.8 Å². The van der Waals surface area contributed by atoms with Gasteiger partial charge in [0.2, 0.25) is 0 Å². The Kier molecular flexibility index (Phi) is 2.27. The van der Waals surface area contributed by atoms with Gasteiger partial charge in [-0.3, -0.25) is 9.59 Å². The molecule has 0 bridgehead atoms. The van der Waals surface area contributed by atoms with Crippen LogP contribution in [-0.2, 0) is 14.3 Å². The fourth-order valence-electron chi connectivity index (χ4n) is 1.47. The van der Waals surface area contributed by atoms with E-state index in [0.717, 1.165) is 0 Å². The van der Waals surface area contributed by atoms with Gasteiger partial charge in [-0.25, -0.2) is 0 Å². The molecule has 0 amide bonds. The van der Waals surface area contributed by atoms with E-state index in [1.54, 1.807) is 6.92 Å². The molecular weight excluding hydrogens is 144 g/mol. The third-order valence-corrected chi connectivity index (χ3v) is 2.32. The summed E-state index contributed by atoms with van der Waals surface area (Å²) in [6.07, 6.45) is 1.19. The highest BCUT2D eigenvalue weighted by molar-refractivity contribution is 5.89. The Hall–Kier alpha value is -0.860. The molecule has 0 unspecified atom stereocenters. The molecule has 0 saturated heterocycles. The van der Waals surface area contributed by atoms with Crippen LogP contribution in [0.3, 0.4) is 0 Å². The van der Waals surface area contributed by atoms with Gasteiger partial charge in [0.15, 0.2) is 0 Å². The summed E-state index contributed by atoms with van der Waals surface area (Å²) < 4.78 is 4.56. The van der Waals surface area contributed by atoms with Crippen LogP contribution >= 0.6 is 0 Å². The Morgan fingerprint density at radius 2 is 2.27 bits per heavy atom. The number of Topliss-reactive ketones (excluding diaryl/α,β-unsaturated/α-hetero) is 1. The highest BCUT2D eigenvalue weighted by Gasteiger charge is 2.36. The lowest BCUT2D eigenvalue weighted by Crippen LogP contribution is -2.20. The highest BCUT2D eigenvalue weighted by atomic mass is 16.5. The molecule has 0 N–H and O–H groups in total. The zero-order valence-corrected chi connectivity index (χ0v) is 6.79. The monoisotopic (exact) mass is 156 g/mol. The van der Waals surface area contributed by atoms with E-state index in [2.05, 4.69) is 4.74 Å². The van der Waals surface area contributed by atoms with Crippen LogP contribution in [0.4, 0.5) is 0 Å². The van der Waals surface area contributed by atoms with Crippen molar-refractivity contribution >= 4 is 11.8 Å². The summed E-state index contributed by atoms with van der Waals surface area (Å²) in [6, 6.07) is 0. The fraction of sp³-hybridized carbons (Fsp3) is 0.750. The lowest BCUT2D eigenvalue weighted by Gasteiger charge is -2.09. The number of ether oxygens (including phenoxy) is 1. The van der Waals surface area contributed by atoms with E-state index in [9.17, 15) is 9.59 Å².